The number of hydrogen-bond acceptors (Lipinski definition) is 7. The number of anilines is 2. The molecule has 2 aromatic carbocycles. The number of Topliss-reactive ketones (excluding diaryl/α,β-unsaturated/α-hetero) is 1. The standard InChI is InChI=1S/C26H25N3O5/c1-28(2)16-8-10-17(11-9-16)29-23(20-7-5-6-14-27-20)22(25(31)26(29)32)24(30)19-13-12-18(33-3)15-21(19)34-4/h5-15,23,30H,1-4H3/b24-22-. The van der Waals surface area contributed by atoms with Crippen LogP contribution in [0.15, 0.2) is 72.4 Å². The van der Waals surface area contributed by atoms with E-state index in [9.17, 15) is 14.7 Å². The lowest BCUT2D eigenvalue weighted by Crippen LogP contribution is -2.29. The van der Waals surface area contributed by atoms with Crippen LogP contribution in [0.3, 0.4) is 0 Å². The van der Waals surface area contributed by atoms with Crippen LogP contribution in [0.4, 0.5) is 11.4 Å². The fraction of sp³-hybridized carbons (Fsp3) is 0.192. The number of benzene rings is 2. The van der Waals surface area contributed by atoms with Crippen LogP contribution in [-0.4, -0.2) is 50.1 Å². The Balaban J connectivity index is 1.92. The molecule has 1 aromatic heterocycles. The molecule has 0 saturated carbocycles. The monoisotopic (exact) mass is 459 g/mol. The van der Waals surface area contributed by atoms with E-state index in [2.05, 4.69) is 4.98 Å². The molecular weight excluding hydrogens is 434 g/mol. The Labute approximate surface area is 197 Å². The number of ketones is 1. The second kappa shape index (κ2) is 9.27. The van der Waals surface area contributed by atoms with Crippen LogP contribution in [0.25, 0.3) is 5.76 Å². The normalized spacial score (nSPS) is 17.1. The average Bonchev–Trinajstić information content (AvgIpc) is 3.14. The molecule has 174 valence electrons. The fourth-order valence-electron chi connectivity index (χ4n) is 3.97. The van der Waals surface area contributed by atoms with Crippen molar-refractivity contribution in [1.82, 2.24) is 4.98 Å². The molecule has 1 aliphatic heterocycles. The quantitative estimate of drug-likeness (QED) is 0.341. The topological polar surface area (TPSA) is 92.2 Å². The van der Waals surface area contributed by atoms with Crippen molar-refractivity contribution in [3.63, 3.8) is 0 Å². The van der Waals surface area contributed by atoms with Gasteiger partial charge in [0.25, 0.3) is 11.7 Å². The first kappa shape index (κ1) is 22.8. The van der Waals surface area contributed by atoms with Crippen LogP contribution in [0, 0.1) is 0 Å². The number of pyridine rings is 1. The van der Waals surface area contributed by atoms with E-state index in [1.165, 1.54) is 19.1 Å². The smallest absolute Gasteiger partial charge is 0.300 e. The van der Waals surface area contributed by atoms with Gasteiger partial charge in [-0.15, -0.1) is 0 Å². The summed E-state index contributed by atoms with van der Waals surface area (Å²) in [5.41, 5.74) is 2.11. The van der Waals surface area contributed by atoms with Gasteiger partial charge >= 0.3 is 0 Å². The van der Waals surface area contributed by atoms with Gasteiger partial charge in [0.05, 0.1) is 31.1 Å². The number of carbonyl (C=O) groups is 2. The summed E-state index contributed by atoms with van der Waals surface area (Å²) in [4.78, 5) is 34.2. The molecule has 3 aromatic rings. The lowest BCUT2D eigenvalue weighted by molar-refractivity contribution is -0.132. The summed E-state index contributed by atoms with van der Waals surface area (Å²) in [5.74, 6) is -1.07. The molecule has 1 amide bonds. The number of aromatic nitrogens is 1. The first-order chi connectivity index (χ1) is 16.4. The van der Waals surface area contributed by atoms with Crippen molar-refractivity contribution in [2.45, 2.75) is 6.04 Å². The van der Waals surface area contributed by atoms with Gasteiger partial charge in [0, 0.05) is 37.7 Å². The van der Waals surface area contributed by atoms with E-state index in [1.807, 2.05) is 31.1 Å². The number of nitrogens with zero attached hydrogens (tertiary/aromatic N) is 3. The fourth-order valence-corrected chi connectivity index (χ4v) is 3.97. The summed E-state index contributed by atoms with van der Waals surface area (Å²) in [6.45, 7) is 0. The van der Waals surface area contributed by atoms with Crippen LogP contribution in [0.2, 0.25) is 0 Å². The SMILES string of the molecule is COc1ccc(/C(O)=C2/C(=O)C(=O)N(c3ccc(N(C)C)cc3)C2c2ccccn2)c(OC)c1. The molecule has 1 N–H and O–H groups in total. The van der Waals surface area contributed by atoms with E-state index in [0.29, 0.717) is 22.9 Å². The minimum absolute atomic E-state index is 0.0659. The molecule has 2 heterocycles. The highest BCUT2D eigenvalue weighted by atomic mass is 16.5. The lowest BCUT2D eigenvalue weighted by atomic mass is 9.97. The third kappa shape index (κ3) is 3.94. The van der Waals surface area contributed by atoms with E-state index in [4.69, 9.17) is 9.47 Å². The van der Waals surface area contributed by atoms with Crippen LogP contribution in [-0.2, 0) is 9.59 Å². The molecule has 34 heavy (non-hydrogen) atoms. The zero-order chi connectivity index (χ0) is 24.4. The van der Waals surface area contributed by atoms with Gasteiger partial charge in [0.1, 0.15) is 23.3 Å². The third-order valence-corrected chi connectivity index (χ3v) is 5.72. The number of hydrogen-bond donors (Lipinski definition) is 1. The Morgan fingerprint density at radius 2 is 1.74 bits per heavy atom. The Kier molecular flexibility index (Phi) is 6.23. The van der Waals surface area contributed by atoms with E-state index >= 15 is 0 Å². The van der Waals surface area contributed by atoms with Crippen LogP contribution in [0.5, 0.6) is 11.5 Å². The van der Waals surface area contributed by atoms with E-state index < -0.39 is 17.7 Å². The van der Waals surface area contributed by atoms with Gasteiger partial charge in [-0.3, -0.25) is 19.5 Å². The predicted octanol–water partition coefficient (Wildman–Crippen LogP) is 3.79. The van der Waals surface area contributed by atoms with E-state index in [0.717, 1.165) is 5.69 Å². The van der Waals surface area contributed by atoms with Crippen molar-refractivity contribution in [3.05, 3.63) is 83.7 Å². The molecule has 1 aliphatic rings. The third-order valence-electron chi connectivity index (χ3n) is 5.72. The number of ether oxygens (including phenoxy) is 2. The average molecular weight is 460 g/mol. The van der Waals surface area contributed by atoms with Gasteiger partial charge in [-0.05, 0) is 48.5 Å². The number of carbonyl (C=O) groups excluding carboxylic acids is 2. The Morgan fingerprint density at radius 1 is 1.00 bits per heavy atom. The zero-order valence-corrected chi connectivity index (χ0v) is 19.4. The summed E-state index contributed by atoms with van der Waals surface area (Å²) in [6.07, 6.45) is 1.58. The number of aliphatic hydroxyl groups is 1. The summed E-state index contributed by atoms with van der Waals surface area (Å²) in [5, 5.41) is 11.3. The van der Waals surface area contributed by atoms with Crippen LogP contribution < -0.4 is 19.3 Å². The minimum atomic E-state index is -0.918. The summed E-state index contributed by atoms with van der Waals surface area (Å²) in [6, 6.07) is 16.4. The van der Waals surface area contributed by atoms with Crippen LogP contribution in [0.1, 0.15) is 17.3 Å². The number of aliphatic hydroxyl groups excluding tert-OH is 1. The Bertz CT molecular complexity index is 1250. The molecule has 0 spiro atoms. The first-order valence-electron chi connectivity index (χ1n) is 10.6. The van der Waals surface area contributed by atoms with Gasteiger partial charge in [0.2, 0.25) is 0 Å². The van der Waals surface area contributed by atoms with Gasteiger partial charge in [0.15, 0.2) is 0 Å². The second-order valence-corrected chi connectivity index (χ2v) is 7.90. The molecule has 1 unspecified atom stereocenters. The van der Waals surface area contributed by atoms with Gasteiger partial charge in [-0.2, -0.15) is 0 Å². The molecular formula is C26H25N3O5. The Morgan fingerprint density at radius 3 is 2.32 bits per heavy atom. The first-order valence-corrected chi connectivity index (χ1v) is 10.6. The molecule has 1 atom stereocenters. The molecule has 1 fully saturated rings. The highest BCUT2D eigenvalue weighted by Crippen LogP contribution is 2.43. The van der Waals surface area contributed by atoms with Crippen molar-refractivity contribution in [3.8, 4) is 11.5 Å². The van der Waals surface area contributed by atoms with Crippen LogP contribution >= 0.6 is 0 Å². The molecule has 0 radical (unpaired) electrons. The molecule has 4 rings (SSSR count). The minimum Gasteiger partial charge on any atom is -0.507 e. The molecule has 0 aliphatic carbocycles. The highest BCUT2D eigenvalue weighted by Gasteiger charge is 2.47. The largest absolute Gasteiger partial charge is 0.507 e. The summed E-state index contributed by atoms with van der Waals surface area (Å²) >= 11 is 0. The summed E-state index contributed by atoms with van der Waals surface area (Å²) in [7, 11) is 6.80. The van der Waals surface area contributed by atoms with Crippen molar-refractivity contribution in [2.24, 2.45) is 0 Å². The van der Waals surface area contributed by atoms with Crippen molar-refractivity contribution >= 4 is 28.8 Å². The number of rotatable bonds is 6. The summed E-state index contributed by atoms with van der Waals surface area (Å²) < 4.78 is 10.6. The molecule has 8 heteroatoms. The molecule has 1 saturated heterocycles. The second-order valence-electron chi connectivity index (χ2n) is 7.90. The van der Waals surface area contributed by atoms with Gasteiger partial charge < -0.3 is 19.5 Å². The molecule has 8 nitrogen and oxygen atoms in total. The van der Waals surface area contributed by atoms with Crippen molar-refractivity contribution in [2.75, 3.05) is 38.1 Å². The zero-order valence-electron chi connectivity index (χ0n) is 19.4. The highest BCUT2D eigenvalue weighted by molar-refractivity contribution is 6.51. The maximum absolute atomic E-state index is 13.3. The van der Waals surface area contributed by atoms with Gasteiger partial charge in [-0.1, -0.05) is 6.07 Å². The van der Waals surface area contributed by atoms with Crippen molar-refractivity contribution < 1.29 is 24.2 Å². The maximum Gasteiger partial charge on any atom is 0.300 e. The molecule has 0 bridgehead atoms. The van der Waals surface area contributed by atoms with E-state index in [-0.39, 0.29) is 16.9 Å². The van der Waals surface area contributed by atoms with Crippen molar-refractivity contribution in [1.29, 1.82) is 0 Å². The van der Waals surface area contributed by atoms with E-state index in [1.54, 1.807) is 54.7 Å². The van der Waals surface area contributed by atoms with Gasteiger partial charge in [-0.25, -0.2) is 0 Å². The number of amides is 1. The number of methoxy groups -OCH3 is 2. The Hall–Kier alpha value is -4.33. The predicted molar refractivity (Wildman–Crippen MR) is 129 cm³/mol. The maximum atomic E-state index is 13.3. The lowest BCUT2D eigenvalue weighted by Gasteiger charge is -2.25.